The average molecular weight is 701 g/mol. The Morgan fingerprint density at radius 2 is 1.37 bits per heavy atom. The third-order valence-electron chi connectivity index (χ3n) is 8.57. The van der Waals surface area contributed by atoms with E-state index in [2.05, 4.69) is 53.0 Å². The molecule has 2 N–H and O–H groups in total. The Bertz CT molecular complexity index is 2410. The van der Waals surface area contributed by atoms with Crippen LogP contribution in [0.1, 0.15) is 73.6 Å². The van der Waals surface area contributed by atoms with E-state index in [4.69, 9.17) is 16.7 Å². The number of nitrogens with zero attached hydrogens (tertiary/aromatic N) is 9. The second kappa shape index (κ2) is 14.4. The Balaban J connectivity index is 0.000000175. The second-order valence-corrected chi connectivity index (χ2v) is 12.8. The summed E-state index contributed by atoms with van der Waals surface area (Å²) >= 11 is 6.01. The van der Waals surface area contributed by atoms with E-state index in [9.17, 15) is 9.59 Å². The second-order valence-electron chi connectivity index (χ2n) is 12.5. The zero-order chi connectivity index (χ0) is 35.5. The van der Waals surface area contributed by atoms with Gasteiger partial charge >= 0.3 is 5.97 Å². The number of nitrogens with one attached hydrogen (secondary N) is 1. The highest BCUT2D eigenvalue weighted by atomic mass is 35.5. The molecule has 256 valence electrons. The number of aryl methyl sites for hydroxylation is 3. The molecule has 2 aromatic carbocycles. The van der Waals surface area contributed by atoms with Crippen molar-refractivity contribution in [3.63, 3.8) is 0 Å². The molecule has 0 bridgehead atoms. The number of aromatic carboxylic acids is 1. The van der Waals surface area contributed by atoms with Crippen LogP contribution >= 0.6 is 11.6 Å². The zero-order valence-electron chi connectivity index (χ0n) is 27.9. The topological polar surface area (TPSA) is 166 Å². The van der Waals surface area contributed by atoms with Gasteiger partial charge in [0.1, 0.15) is 5.15 Å². The van der Waals surface area contributed by atoms with Crippen molar-refractivity contribution in [1.82, 2.24) is 50.3 Å². The van der Waals surface area contributed by atoms with E-state index in [1.54, 1.807) is 16.9 Å². The molecule has 1 aliphatic carbocycles. The summed E-state index contributed by atoms with van der Waals surface area (Å²) in [6, 6.07) is 23.7. The van der Waals surface area contributed by atoms with E-state index in [0.29, 0.717) is 23.9 Å². The van der Waals surface area contributed by atoms with Crippen LogP contribution in [0.3, 0.4) is 0 Å². The highest BCUT2D eigenvalue weighted by Crippen LogP contribution is 2.30. The van der Waals surface area contributed by atoms with Crippen molar-refractivity contribution in [3.05, 3.63) is 136 Å². The van der Waals surface area contributed by atoms with Gasteiger partial charge in [0.2, 0.25) is 0 Å². The molecule has 1 atom stereocenters. The number of carboxylic acids is 1. The Kier molecular flexibility index (Phi) is 9.45. The number of aromatic nitrogens is 9. The number of carbonyl (C=O) groups excluding carboxylic acids is 1. The average Bonchev–Trinajstić information content (AvgIpc) is 3.79. The van der Waals surface area contributed by atoms with Crippen LogP contribution in [0.25, 0.3) is 21.8 Å². The quantitative estimate of drug-likeness (QED) is 0.191. The first kappa shape index (κ1) is 33.4. The van der Waals surface area contributed by atoms with Gasteiger partial charge in [-0.15, -0.1) is 10.2 Å². The summed E-state index contributed by atoms with van der Waals surface area (Å²) in [4.78, 5) is 36.9. The summed E-state index contributed by atoms with van der Waals surface area (Å²) < 4.78 is 3.18. The summed E-state index contributed by atoms with van der Waals surface area (Å²) in [5.74, 6) is -1.31. The van der Waals surface area contributed by atoms with Crippen LogP contribution in [0.5, 0.6) is 0 Å². The molecule has 0 aliphatic heterocycles. The van der Waals surface area contributed by atoms with Crippen LogP contribution in [0, 0.1) is 13.8 Å². The lowest BCUT2D eigenvalue weighted by Gasteiger charge is -2.25. The lowest BCUT2D eigenvalue weighted by molar-refractivity contribution is 0.0690. The molecule has 7 aromatic rings. The molecule has 0 spiro atoms. The van der Waals surface area contributed by atoms with Gasteiger partial charge in [0, 0.05) is 27.9 Å². The van der Waals surface area contributed by atoms with Crippen molar-refractivity contribution in [3.8, 4) is 0 Å². The maximum absolute atomic E-state index is 12.8. The van der Waals surface area contributed by atoms with Crippen LogP contribution in [0.15, 0.2) is 85.2 Å². The van der Waals surface area contributed by atoms with E-state index >= 15 is 0 Å². The minimum absolute atomic E-state index is 0.0527. The van der Waals surface area contributed by atoms with E-state index in [1.165, 1.54) is 10.9 Å². The molecule has 13 nitrogen and oxygen atoms in total. The maximum atomic E-state index is 12.8. The van der Waals surface area contributed by atoms with Gasteiger partial charge in [-0.2, -0.15) is 0 Å². The smallest absolute Gasteiger partial charge is 0.358 e. The molecule has 0 fully saturated rings. The van der Waals surface area contributed by atoms with Crippen LogP contribution in [-0.4, -0.2) is 61.9 Å². The number of amides is 1. The Morgan fingerprint density at radius 1 is 0.784 bits per heavy atom. The Morgan fingerprint density at radius 3 is 1.96 bits per heavy atom. The fraction of sp³-hybridized carbons (Fsp3) is 0.216. The number of carboxylic acid groups (broad SMARTS) is 1. The van der Waals surface area contributed by atoms with Crippen molar-refractivity contribution < 1.29 is 14.7 Å². The van der Waals surface area contributed by atoms with Crippen LogP contribution < -0.4 is 5.32 Å². The fourth-order valence-electron chi connectivity index (χ4n) is 6.09. The molecule has 5 heterocycles. The predicted molar refractivity (Wildman–Crippen MR) is 191 cm³/mol. The van der Waals surface area contributed by atoms with Gasteiger partial charge in [-0.3, -0.25) is 14.8 Å². The monoisotopic (exact) mass is 700 g/mol. The van der Waals surface area contributed by atoms with Crippen molar-refractivity contribution >= 4 is 45.3 Å². The number of carbonyl (C=O) groups is 2. The molecular formula is C37H33ClN10O3. The number of pyridine rings is 3. The lowest BCUT2D eigenvalue weighted by Crippen LogP contribution is -2.31. The van der Waals surface area contributed by atoms with E-state index in [-0.39, 0.29) is 17.6 Å². The Hall–Kier alpha value is -6.08. The predicted octanol–water partition coefficient (Wildman–Crippen LogP) is 5.92. The van der Waals surface area contributed by atoms with Gasteiger partial charge in [0.25, 0.3) is 5.91 Å². The number of fused-ring (bicyclic) bond motifs is 3. The minimum Gasteiger partial charge on any atom is -0.476 e. The molecular weight excluding hydrogens is 668 g/mol. The number of halogens is 1. The molecule has 51 heavy (non-hydrogen) atoms. The number of benzene rings is 2. The van der Waals surface area contributed by atoms with Crippen molar-refractivity contribution in [2.45, 2.75) is 52.2 Å². The van der Waals surface area contributed by atoms with Crippen LogP contribution in [-0.2, 0) is 19.5 Å². The first-order chi connectivity index (χ1) is 24.7. The van der Waals surface area contributed by atoms with Gasteiger partial charge < -0.3 is 10.4 Å². The van der Waals surface area contributed by atoms with Crippen molar-refractivity contribution in [2.24, 2.45) is 0 Å². The van der Waals surface area contributed by atoms with Crippen LogP contribution in [0.4, 0.5) is 0 Å². The SMILES string of the molecule is Cc1ccc2cc(Cn3cc(C(=O)NC4CCCc5nc(Cl)ccc54)nn3)ccc2n1.Cc1ccc2cc(Cn3cc(C(=O)O)nn3)ccc2n1. The van der Waals surface area contributed by atoms with Gasteiger partial charge in [-0.05, 0) is 92.3 Å². The van der Waals surface area contributed by atoms with E-state index in [0.717, 1.165) is 74.8 Å². The standard InChI is InChI=1S/C23H21ClN6O.C14H12N4O2/c1-14-5-7-16-11-15(6-9-18(16)25-14)12-30-13-21(28-29-30)23(31)27-20-4-2-3-19-17(20)8-10-22(24)26-19;1-9-2-4-11-6-10(3-5-12(11)15-9)7-18-8-13(14(19)20)16-17-18/h5-11,13,20H,2-4,12H2,1H3,(H,27,31);2-6,8H,7H2,1H3,(H,19,20). The minimum atomic E-state index is -1.07. The summed E-state index contributed by atoms with van der Waals surface area (Å²) in [5.41, 5.74) is 8.19. The fourth-order valence-corrected chi connectivity index (χ4v) is 6.26. The maximum Gasteiger partial charge on any atom is 0.358 e. The number of hydrogen-bond acceptors (Lipinski definition) is 9. The summed E-state index contributed by atoms with van der Waals surface area (Å²) in [7, 11) is 0. The highest BCUT2D eigenvalue weighted by molar-refractivity contribution is 6.29. The third-order valence-corrected chi connectivity index (χ3v) is 8.78. The molecule has 0 radical (unpaired) electrons. The largest absolute Gasteiger partial charge is 0.476 e. The molecule has 1 unspecified atom stereocenters. The molecule has 0 saturated carbocycles. The highest BCUT2D eigenvalue weighted by Gasteiger charge is 2.24. The van der Waals surface area contributed by atoms with Gasteiger partial charge in [0.05, 0.1) is 42.6 Å². The number of rotatable bonds is 7. The zero-order valence-corrected chi connectivity index (χ0v) is 28.6. The molecule has 1 amide bonds. The van der Waals surface area contributed by atoms with Crippen molar-refractivity contribution in [2.75, 3.05) is 0 Å². The van der Waals surface area contributed by atoms with Gasteiger partial charge in [0.15, 0.2) is 11.4 Å². The first-order valence-electron chi connectivity index (χ1n) is 16.4. The van der Waals surface area contributed by atoms with Crippen molar-refractivity contribution in [1.29, 1.82) is 0 Å². The number of hydrogen-bond donors (Lipinski definition) is 2. The molecule has 5 aromatic heterocycles. The third kappa shape index (κ3) is 7.89. The molecule has 0 saturated heterocycles. The van der Waals surface area contributed by atoms with E-state index < -0.39 is 5.97 Å². The van der Waals surface area contributed by atoms with Gasteiger partial charge in [-0.1, -0.05) is 52.4 Å². The Labute approximate surface area is 297 Å². The first-order valence-corrected chi connectivity index (χ1v) is 16.8. The summed E-state index contributed by atoms with van der Waals surface area (Å²) in [5, 5.41) is 30.1. The summed E-state index contributed by atoms with van der Waals surface area (Å²) in [6.45, 7) is 4.94. The van der Waals surface area contributed by atoms with Gasteiger partial charge in [-0.25, -0.2) is 19.1 Å². The normalized spacial score (nSPS) is 13.7. The molecule has 14 heteroatoms. The molecule has 8 rings (SSSR count). The van der Waals surface area contributed by atoms with Crippen LogP contribution in [0.2, 0.25) is 5.15 Å². The van der Waals surface area contributed by atoms with E-state index in [1.807, 2.05) is 68.4 Å². The summed E-state index contributed by atoms with van der Waals surface area (Å²) in [6.07, 6.45) is 5.78. The molecule has 1 aliphatic rings. The lowest BCUT2D eigenvalue weighted by atomic mass is 9.91.